The molecule has 1 aromatic carbocycles. The van der Waals surface area contributed by atoms with Crippen LogP contribution in [0.25, 0.3) is 0 Å². The second kappa shape index (κ2) is 4.35. The number of carbonyl (C=O) groups excluding carboxylic acids is 1. The van der Waals surface area contributed by atoms with Crippen molar-refractivity contribution >= 4 is 28.4 Å². The number of Topliss-reactive ketones (excluding diaryl/α,β-unsaturated/α-hetero) is 1. The Morgan fingerprint density at radius 2 is 1.93 bits per heavy atom. The number of hydrogen-bond donors (Lipinski definition) is 0. The maximum atomic E-state index is 11.8. The first-order valence-electron chi connectivity index (χ1n) is 4.80. The molecule has 1 heterocycles. The van der Waals surface area contributed by atoms with Crippen molar-refractivity contribution in [3.8, 4) is 0 Å². The Morgan fingerprint density at radius 3 is 2.60 bits per heavy atom. The minimum Gasteiger partial charge on any atom is -0.491 e. The molecule has 0 radical (unpaired) electrons. The molecule has 2 nitrogen and oxygen atoms in total. The van der Waals surface area contributed by atoms with E-state index in [9.17, 15) is 4.79 Å². The Kier molecular flexibility index (Phi) is 3.09. The first-order chi connectivity index (χ1) is 7.20. The van der Waals surface area contributed by atoms with Crippen molar-refractivity contribution in [3.05, 3.63) is 45.7 Å². The van der Waals surface area contributed by atoms with Gasteiger partial charge in [0, 0.05) is 0 Å². The van der Waals surface area contributed by atoms with Gasteiger partial charge in [-0.15, -0.1) is 0 Å². The standard InChI is InChI=1S/C12H11IO2/c1-8-11(14)10(13)7-15-12(8)9-5-3-2-4-6-9/h2-8,12H,1H3/t8-,12+/m0/s1. The number of ketones is 1. The van der Waals surface area contributed by atoms with Crippen LogP contribution in [0, 0.1) is 5.92 Å². The molecule has 0 amide bonds. The van der Waals surface area contributed by atoms with E-state index >= 15 is 0 Å². The maximum absolute atomic E-state index is 11.8. The third-order valence-corrected chi connectivity index (χ3v) is 3.34. The van der Waals surface area contributed by atoms with Gasteiger partial charge in [0.25, 0.3) is 0 Å². The van der Waals surface area contributed by atoms with Gasteiger partial charge >= 0.3 is 0 Å². The Hall–Kier alpha value is -0.840. The van der Waals surface area contributed by atoms with Crippen LogP contribution in [0.4, 0.5) is 0 Å². The van der Waals surface area contributed by atoms with Crippen molar-refractivity contribution in [2.24, 2.45) is 5.92 Å². The lowest BCUT2D eigenvalue weighted by atomic mass is 9.92. The number of rotatable bonds is 1. The molecule has 0 fully saturated rings. The fraction of sp³-hybridized carbons (Fsp3) is 0.250. The van der Waals surface area contributed by atoms with Gasteiger partial charge in [0.2, 0.25) is 0 Å². The summed E-state index contributed by atoms with van der Waals surface area (Å²) in [6, 6.07) is 9.84. The van der Waals surface area contributed by atoms with Crippen LogP contribution in [0.5, 0.6) is 0 Å². The average molecular weight is 314 g/mol. The highest BCUT2D eigenvalue weighted by molar-refractivity contribution is 14.1. The van der Waals surface area contributed by atoms with E-state index < -0.39 is 0 Å². The molecule has 0 aromatic heterocycles. The molecule has 0 aliphatic carbocycles. The predicted molar refractivity (Wildman–Crippen MR) is 66.5 cm³/mol. The summed E-state index contributed by atoms with van der Waals surface area (Å²) in [5.41, 5.74) is 1.05. The van der Waals surface area contributed by atoms with E-state index in [1.165, 1.54) is 0 Å². The summed E-state index contributed by atoms with van der Waals surface area (Å²) in [4.78, 5) is 11.8. The third kappa shape index (κ3) is 2.07. The number of ether oxygens (including phenoxy) is 1. The molecule has 0 spiro atoms. The fourth-order valence-electron chi connectivity index (χ4n) is 1.67. The molecule has 0 saturated heterocycles. The largest absolute Gasteiger partial charge is 0.491 e. The molecule has 1 aliphatic rings. The molecule has 0 N–H and O–H groups in total. The second-order valence-corrected chi connectivity index (χ2v) is 4.75. The van der Waals surface area contributed by atoms with Crippen molar-refractivity contribution in [1.82, 2.24) is 0 Å². The molecule has 0 unspecified atom stereocenters. The Bertz CT molecular complexity index is 397. The molecule has 2 atom stereocenters. The minimum absolute atomic E-state index is 0.107. The summed E-state index contributed by atoms with van der Waals surface area (Å²) in [6.07, 6.45) is 1.41. The van der Waals surface area contributed by atoms with Crippen molar-refractivity contribution in [2.45, 2.75) is 13.0 Å². The van der Waals surface area contributed by atoms with Gasteiger partial charge in [-0.2, -0.15) is 0 Å². The van der Waals surface area contributed by atoms with Crippen LogP contribution in [0.15, 0.2) is 40.2 Å². The molecule has 15 heavy (non-hydrogen) atoms. The number of halogens is 1. The molecule has 0 saturated carbocycles. The highest BCUT2D eigenvalue weighted by Gasteiger charge is 2.31. The molecule has 1 aromatic rings. The zero-order valence-electron chi connectivity index (χ0n) is 8.31. The lowest BCUT2D eigenvalue weighted by Crippen LogP contribution is -2.24. The van der Waals surface area contributed by atoms with Gasteiger partial charge in [0.15, 0.2) is 5.78 Å². The Balaban J connectivity index is 2.30. The van der Waals surface area contributed by atoms with Gasteiger partial charge in [-0.3, -0.25) is 4.79 Å². The summed E-state index contributed by atoms with van der Waals surface area (Å²) >= 11 is 2.01. The molecule has 3 heteroatoms. The number of carbonyl (C=O) groups is 1. The Labute approximate surface area is 102 Å². The van der Waals surface area contributed by atoms with E-state index in [1.807, 2.05) is 59.8 Å². The zero-order valence-corrected chi connectivity index (χ0v) is 10.5. The number of allylic oxidation sites excluding steroid dienone is 1. The summed E-state index contributed by atoms with van der Waals surface area (Å²) < 4.78 is 6.24. The summed E-state index contributed by atoms with van der Waals surface area (Å²) in [7, 11) is 0. The van der Waals surface area contributed by atoms with E-state index in [1.54, 1.807) is 6.26 Å². The monoisotopic (exact) mass is 314 g/mol. The first-order valence-corrected chi connectivity index (χ1v) is 5.88. The van der Waals surface area contributed by atoms with E-state index in [-0.39, 0.29) is 17.8 Å². The van der Waals surface area contributed by atoms with E-state index in [2.05, 4.69) is 0 Å². The number of benzene rings is 1. The maximum Gasteiger partial charge on any atom is 0.178 e. The van der Waals surface area contributed by atoms with Crippen molar-refractivity contribution in [3.63, 3.8) is 0 Å². The molecule has 78 valence electrons. The molecule has 1 aliphatic heterocycles. The highest BCUT2D eigenvalue weighted by Crippen LogP contribution is 2.34. The molecular weight excluding hydrogens is 303 g/mol. The smallest absolute Gasteiger partial charge is 0.178 e. The quantitative estimate of drug-likeness (QED) is 0.744. The zero-order chi connectivity index (χ0) is 10.8. The first kappa shape index (κ1) is 10.7. The predicted octanol–water partition coefficient (Wildman–Crippen LogP) is 3.24. The normalized spacial score (nSPS) is 25.7. The lowest BCUT2D eigenvalue weighted by molar-refractivity contribution is -0.123. The minimum atomic E-state index is -0.141. The van der Waals surface area contributed by atoms with Crippen molar-refractivity contribution in [2.75, 3.05) is 0 Å². The second-order valence-electron chi connectivity index (χ2n) is 3.59. The SMILES string of the molecule is C[C@H]1C(=O)C(I)=CO[C@H]1c1ccccc1. The van der Waals surface area contributed by atoms with Gasteiger partial charge in [-0.1, -0.05) is 37.3 Å². The van der Waals surface area contributed by atoms with E-state index in [0.717, 1.165) is 5.56 Å². The van der Waals surface area contributed by atoms with Gasteiger partial charge in [0.05, 0.1) is 9.50 Å². The molecule has 2 rings (SSSR count). The molecule has 0 bridgehead atoms. The van der Waals surface area contributed by atoms with Crippen LogP contribution in [0.1, 0.15) is 18.6 Å². The van der Waals surface area contributed by atoms with Gasteiger partial charge in [0.1, 0.15) is 12.4 Å². The highest BCUT2D eigenvalue weighted by atomic mass is 127. The van der Waals surface area contributed by atoms with Crippen LogP contribution in [-0.4, -0.2) is 5.78 Å². The lowest BCUT2D eigenvalue weighted by Gasteiger charge is -2.26. The van der Waals surface area contributed by atoms with Crippen LogP contribution in [-0.2, 0) is 9.53 Å². The third-order valence-electron chi connectivity index (χ3n) is 2.55. The number of hydrogen-bond acceptors (Lipinski definition) is 2. The summed E-state index contributed by atoms with van der Waals surface area (Å²) in [5, 5.41) is 0. The van der Waals surface area contributed by atoms with Crippen molar-refractivity contribution < 1.29 is 9.53 Å². The molecular formula is C12H11IO2. The van der Waals surface area contributed by atoms with Gasteiger partial charge in [-0.25, -0.2) is 0 Å². The topological polar surface area (TPSA) is 26.3 Å². The van der Waals surface area contributed by atoms with Crippen LogP contribution >= 0.6 is 22.6 Å². The van der Waals surface area contributed by atoms with Gasteiger partial charge in [-0.05, 0) is 28.2 Å². The Morgan fingerprint density at radius 1 is 1.27 bits per heavy atom. The summed E-state index contributed by atoms with van der Waals surface area (Å²) in [6.45, 7) is 1.91. The van der Waals surface area contributed by atoms with Crippen LogP contribution in [0.2, 0.25) is 0 Å². The average Bonchev–Trinajstić information content (AvgIpc) is 2.27. The summed E-state index contributed by atoms with van der Waals surface area (Å²) in [5.74, 6) is 0.0556. The van der Waals surface area contributed by atoms with E-state index in [0.29, 0.717) is 3.58 Å². The van der Waals surface area contributed by atoms with Gasteiger partial charge < -0.3 is 4.74 Å². The van der Waals surface area contributed by atoms with Crippen molar-refractivity contribution in [1.29, 1.82) is 0 Å². The van der Waals surface area contributed by atoms with E-state index in [4.69, 9.17) is 4.74 Å². The fourth-order valence-corrected chi connectivity index (χ4v) is 2.31. The van der Waals surface area contributed by atoms with Crippen LogP contribution in [0.3, 0.4) is 0 Å². The van der Waals surface area contributed by atoms with Crippen LogP contribution < -0.4 is 0 Å².